The molecule has 0 bridgehead atoms. The quantitative estimate of drug-likeness (QED) is 0.560. The number of alkyl halides is 3. The summed E-state index contributed by atoms with van der Waals surface area (Å²) in [7, 11) is 2.08. The van der Waals surface area contributed by atoms with Gasteiger partial charge in [0.1, 0.15) is 11.6 Å². The van der Waals surface area contributed by atoms with E-state index in [4.69, 9.17) is 0 Å². The molecule has 0 atom stereocenters. The molecule has 2 heterocycles. The summed E-state index contributed by atoms with van der Waals surface area (Å²) in [6.45, 7) is 4.28. The van der Waals surface area contributed by atoms with Crippen LogP contribution < -0.4 is 4.74 Å². The van der Waals surface area contributed by atoms with Gasteiger partial charge in [0.05, 0.1) is 17.6 Å². The lowest BCUT2D eigenvalue weighted by Crippen LogP contribution is -2.43. The van der Waals surface area contributed by atoms with Crippen molar-refractivity contribution in [3.8, 4) is 22.7 Å². The zero-order valence-corrected chi connectivity index (χ0v) is 16.9. The molecule has 164 valence electrons. The van der Waals surface area contributed by atoms with E-state index in [9.17, 15) is 17.6 Å². The summed E-state index contributed by atoms with van der Waals surface area (Å²) < 4.78 is 57.6. The normalized spacial score (nSPS) is 15.9. The van der Waals surface area contributed by atoms with Crippen molar-refractivity contribution in [1.29, 1.82) is 0 Å². The summed E-state index contributed by atoms with van der Waals surface area (Å²) in [5.74, 6) is -0.714. The molecular formula is C22H22F4N4O. The van der Waals surface area contributed by atoms with Gasteiger partial charge in [-0.05, 0) is 43.4 Å². The first-order valence-corrected chi connectivity index (χ1v) is 9.89. The van der Waals surface area contributed by atoms with Crippen molar-refractivity contribution < 1.29 is 22.3 Å². The highest BCUT2D eigenvalue weighted by molar-refractivity contribution is 5.66. The van der Waals surface area contributed by atoms with Crippen LogP contribution in [0.4, 0.5) is 17.6 Å². The van der Waals surface area contributed by atoms with E-state index in [0.717, 1.165) is 31.7 Å². The molecular weight excluding hydrogens is 412 g/mol. The highest BCUT2D eigenvalue weighted by Crippen LogP contribution is 2.31. The van der Waals surface area contributed by atoms with Gasteiger partial charge in [-0.3, -0.25) is 4.90 Å². The van der Waals surface area contributed by atoms with Crippen molar-refractivity contribution in [3.05, 3.63) is 66.1 Å². The molecule has 5 nitrogen and oxygen atoms in total. The molecule has 1 aromatic heterocycles. The molecule has 1 aliphatic heterocycles. The molecule has 0 unspecified atom stereocenters. The molecule has 2 aromatic carbocycles. The predicted molar refractivity (Wildman–Crippen MR) is 108 cm³/mol. The van der Waals surface area contributed by atoms with E-state index in [1.54, 1.807) is 29.1 Å². The molecule has 4 rings (SSSR count). The fourth-order valence-corrected chi connectivity index (χ4v) is 3.67. The Hall–Kier alpha value is -2.91. The molecule has 1 fully saturated rings. The number of likely N-dealkylation sites (N-methyl/N-ethyl adjacent to an activating group) is 1. The number of benzene rings is 2. The first-order chi connectivity index (χ1) is 14.8. The SMILES string of the molecule is CN1CCN(Cc2cnn(-c3ccc(OC(F)(F)F)cc3)c2-c2ccccc2F)CC1. The Balaban J connectivity index is 1.69. The van der Waals surface area contributed by atoms with Gasteiger partial charge in [-0.1, -0.05) is 12.1 Å². The molecule has 0 saturated carbocycles. The lowest BCUT2D eigenvalue weighted by molar-refractivity contribution is -0.274. The fraction of sp³-hybridized carbons (Fsp3) is 0.318. The number of aromatic nitrogens is 2. The van der Waals surface area contributed by atoms with E-state index in [0.29, 0.717) is 23.5 Å². The number of ether oxygens (including phenoxy) is 1. The summed E-state index contributed by atoms with van der Waals surface area (Å²) in [5.41, 5.74) is 2.34. The van der Waals surface area contributed by atoms with Gasteiger partial charge in [0.2, 0.25) is 0 Å². The second-order valence-electron chi connectivity index (χ2n) is 7.53. The van der Waals surface area contributed by atoms with E-state index >= 15 is 0 Å². The number of nitrogens with zero attached hydrogens (tertiary/aromatic N) is 4. The van der Waals surface area contributed by atoms with Crippen molar-refractivity contribution in [1.82, 2.24) is 19.6 Å². The van der Waals surface area contributed by atoms with Crippen LogP contribution in [-0.2, 0) is 6.54 Å². The minimum atomic E-state index is -4.76. The zero-order chi connectivity index (χ0) is 22.0. The largest absolute Gasteiger partial charge is 0.573 e. The summed E-state index contributed by atoms with van der Waals surface area (Å²) >= 11 is 0. The average Bonchev–Trinajstić information content (AvgIpc) is 3.13. The summed E-state index contributed by atoms with van der Waals surface area (Å²) in [4.78, 5) is 4.54. The van der Waals surface area contributed by atoms with E-state index in [1.807, 2.05) is 0 Å². The van der Waals surface area contributed by atoms with Crippen molar-refractivity contribution >= 4 is 0 Å². The van der Waals surface area contributed by atoms with Crippen LogP contribution in [-0.4, -0.2) is 59.2 Å². The molecule has 0 spiro atoms. The maximum absolute atomic E-state index is 14.7. The van der Waals surface area contributed by atoms with Crippen LogP contribution in [0.25, 0.3) is 16.9 Å². The minimum Gasteiger partial charge on any atom is -0.406 e. The van der Waals surface area contributed by atoms with Crippen LogP contribution in [0.1, 0.15) is 5.56 Å². The van der Waals surface area contributed by atoms with Crippen molar-refractivity contribution in [2.75, 3.05) is 33.2 Å². The van der Waals surface area contributed by atoms with Gasteiger partial charge in [0, 0.05) is 43.9 Å². The van der Waals surface area contributed by atoms with Gasteiger partial charge in [0.15, 0.2) is 0 Å². The summed E-state index contributed by atoms with van der Waals surface area (Å²) in [5, 5.41) is 4.44. The molecule has 0 amide bonds. The minimum absolute atomic E-state index is 0.325. The Kier molecular flexibility index (Phi) is 5.97. The third-order valence-corrected chi connectivity index (χ3v) is 5.28. The predicted octanol–water partition coefficient (Wildman–Crippen LogP) is 4.32. The van der Waals surface area contributed by atoms with Crippen LogP contribution in [0, 0.1) is 5.82 Å². The first kappa shape index (κ1) is 21.3. The number of rotatable bonds is 5. The van der Waals surface area contributed by atoms with Crippen LogP contribution in [0.15, 0.2) is 54.7 Å². The zero-order valence-electron chi connectivity index (χ0n) is 16.9. The van der Waals surface area contributed by atoms with Crippen molar-refractivity contribution in [2.45, 2.75) is 12.9 Å². The van der Waals surface area contributed by atoms with Gasteiger partial charge in [-0.25, -0.2) is 9.07 Å². The third kappa shape index (κ3) is 5.05. The number of piperazine rings is 1. The lowest BCUT2D eigenvalue weighted by Gasteiger charge is -2.32. The summed E-state index contributed by atoms with van der Waals surface area (Å²) in [6.07, 6.45) is -3.07. The maximum atomic E-state index is 14.7. The van der Waals surface area contributed by atoms with Gasteiger partial charge in [-0.2, -0.15) is 5.10 Å². The molecule has 31 heavy (non-hydrogen) atoms. The van der Waals surface area contributed by atoms with Crippen LogP contribution in [0.3, 0.4) is 0 Å². The van der Waals surface area contributed by atoms with Gasteiger partial charge in [-0.15, -0.1) is 13.2 Å². The van der Waals surface area contributed by atoms with Gasteiger partial charge in [0.25, 0.3) is 0 Å². The van der Waals surface area contributed by atoms with E-state index < -0.39 is 6.36 Å². The molecule has 0 radical (unpaired) electrons. The molecule has 0 N–H and O–H groups in total. The molecule has 1 aliphatic rings. The van der Waals surface area contributed by atoms with Crippen LogP contribution in [0.5, 0.6) is 5.75 Å². The van der Waals surface area contributed by atoms with Crippen molar-refractivity contribution in [3.63, 3.8) is 0 Å². The van der Waals surface area contributed by atoms with Crippen molar-refractivity contribution in [2.24, 2.45) is 0 Å². The highest BCUT2D eigenvalue weighted by atomic mass is 19.4. The Morgan fingerprint density at radius 3 is 2.29 bits per heavy atom. The average molecular weight is 434 g/mol. The van der Waals surface area contributed by atoms with Crippen LogP contribution >= 0.6 is 0 Å². The molecule has 9 heteroatoms. The van der Waals surface area contributed by atoms with E-state index in [2.05, 4.69) is 26.7 Å². The molecule has 3 aromatic rings. The smallest absolute Gasteiger partial charge is 0.406 e. The number of halogens is 4. The lowest BCUT2D eigenvalue weighted by atomic mass is 10.1. The topological polar surface area (TPSA) is 33.5 Å². The van der Waals surface area contributed by atoms with Crippen LogP contribution in [0.2, 0.25) is 0 Å². The third-order valence-electron chi connectivity index (χ3n) is 5.28. The van der Waals surface area contributed by atoms with Gasteiger partial charge >= 0.3 is 6.36 Å². The molecule has 1 saturated heterocycles. The standard InChI is InChI=1S/C22H22F4N4O/c1-28-10-12-29(13-11-28)15-16-14-27-30(21(16)19-4-2-3-5-20(19)23)17-6-8-18(9-7-17)31-22(24,25)26/h2-9,14H,10-13,15H2,1H3. The first-order valence-electron chi connectivity index (χ1n) is 9.89. The van der Waals surface area contributed by atoms with Gasteiger partial charge < -0.3 is 9.64 Å². The fourth-order valence-electron chi connectivity index (χ4n) is 3.67. The molecule has 0 aliphatic carbocycles. The summed E-state index contributed by atoms with van der Waals surface area (Å²) in [6, 6.07) is 11.8. The second kappa shape index (κ2) is 8.68. The Morgan fingerprint density at radius 2 is 1.65 bits per heavy atom. The number of hydrogen-bond acceptors (Lipinski definition) is 4. The maximum Gasteiger partial charge on any atom is 0.573 e. The van der Waals surface area contributed by atoms with E-state index in [1.165, 1.54) is 30.3 Å². The Morgan fingerprint density at radius 1 is 0.968 bits per heavy atom. The number of hydrogen-bond donors (Lipinski definition) is 0. The monoisotopic (exact) mass is 434 g/mol. The Labute approximate surface area is 177 Å². The van der Waals surface area contributed by atoms with E-state index in [-0.39, 0.29) is 11.6 Å². The highest BCUT2D eigenvalue weighted by Gasteiger charge is 2.31. The second-order valence-corrected chi connectivity index (χ2v) is 7.53. The Bertz CT molecular complexity index is 1020.